The van der Waals surface area contributed by atoms with Crippen LogP contribution in [0, 0.1) is 5.92 Å². The van der Waals surface area contributed by atoms with Crippen LogP contribution in [0.5, 0.6) is 0 Å². The second-order valence-corrected chi connectivity index (χ2v) is 8.51. The topological polar surface area (TPSA) is 77.8 Å². The highest BCUT2D eigenvalue weighted by Gasteiger charge is 2.51. The van der Waals surface area contributed by atoms with Crippen molar-refractivity contribution in [1.82, 2.24) is 20.7 Å². The molecule has 30 heavy (non-hydrogen) atoms. The molecule has 2 amide bonds. The summed E-state index contributed by atoms with van der Waals surface area (Å²) in [6.45, 7) is 1.84. The summed E-state index contributed by atoms with van der Waals surface area (Å²) < 4.78 is 5.32. The third-order valence-corrected chi connectivity index (χ3v) is 6.74. The number of furan rings is 1. The summed E-state index contributed by atoms with van der Waals surface area (Å²) in [4.78, 5) is 28.3. The molecule has 1 aromatic heterocycles. The van der Waals surface area contributed by atoms with E-state index in [1.54, 1.807) is 6.26 Å². The minimum absolute atomic E-state index is 0.0349. The van der Waals surface area contributed by atoms with E-state index < -0.39 is 0 Å². The van der Waals surface area contributed by atoms with Crippen molar-refractivity contribution in [2.45, 2.75) is 56.9 Å². The van der Waals surface area contributed by atoms with Crippen LogP contribution in [0.3, 0.4) is 0 Å². The van der Waals surface area contributed by atoms with Gasteiger partial charge in [0, 0.05) is 31.1 Å². The number of piperazine rings is 1. The third-order valence-electron chi connectivity index (χ3n) is 6.74. The second-order valence-electron chi connectivity index (χ2n) is 8.51. The summed E-state index contributed by atoms with van der Waals surface area (Å²) >= 11 is 0. The number of hydrazine groups is 1. The molecule has 2 aromatic rings. The predicted octanol–water partition coefficient (Wildman–Crippen LogP) is 2.05. The largest absolute Gasteiger partial charge is 0.467 e. The van der Waals surface area contributed by atoms with Gasteiger partial charge in [0.15, 0.2) is 0 Å². The number of carbonyl (C=O) groups excluding carboxylic acids is 2. The maximum Gasteiger partial charge on any atom is 0.242 e. The third kappa shape index (κ3) is 3.63. The van der Waals surface area contributed by atoms with Crippen molar-refractivity contribution in [2.75, 3.05) is 6.54 Å². The van der Waals surface area contributed by atoms with Gasteiger partial charge in [-0.15, -0.1) is 0 Å². The molecule has 0 radical (unpaired) electrons. The van der Waals surface area contributed by atoms with Crippen molar-refractivity contribution in [2.24, 2.45) is 5.92 Å². The smallest absolute Gasteiger partial charge is 0.242 e. The fourth-order valence-corrected chi connectivity index (χ4v) is 5.26. The average molecular weight is 409 g/mol. The molecule has 2 saturated heterocycles. The molecule has 3 aliphatic rings. The Bertz CT molecular complexity index is 885. The van der Waals surface area contributed by atoms with Gasteiger partial charge in [-0.05, 0) is 43.4 Å². The number of hydrogen-bond donors (Lipinski definition) is 2. The van der Waals surface area contributed by atoms with Crippen molar-refractivity contribution >= 4 is 11.8 Å². The van der Waals surface area contributed by atoms with Crippen LogP contribution in [0.4, 0.5) is 0 Å². The Balaban J connectivity index is 1.33. The summed E-state index contributed by atoms with van der Waals surface area (Å²) in [7, 11) is 0. The van der Waals surface area contributed by atoms with Crippen molar-refractivity contribution in [3.05, 3.63) is 60.1 Å². The standard InChI is InChI=1S/C23H28N4O3/c28-22(24-14-18-7-4-12-30-18)17-8-9-19-21(13-17)26(15-16-5-2-1-3-6-16)23(29)20-10-11-25-27(19)20/h1-7,12,17,19-21,25H,8-11,13-15H2,(H,24,28). The number of carbonyl (C=O) groups is 2. The maximum absolute atomic E-state index is 13.4. The Morgan fingerprint density at radius 1 is 1.10 bits per heavy atom. The molecule has 2 N–H and O–H groups in total. The molecule has 4 atom stereocenters. The van der Waals surface area contributed by atoms with E-state index in [2.05, 4.69) is 27.9 Å². The van der Waals surface area contributed by atoms with Gasteiger partial charge in [-0.25, -0.2) is 5.01 Å². The van der Waals surface area contributed by atoms with Crippen LogP contribution >= 0.6 is 0 Å². The van der Waals surface area contributed by atoms with E-state index in [-0.39, 0.29) is 35.9 Å². The minimum Gasteiger partial charge on any atom is -0.467 e. The zero-order chi connectivity index (χ0) is 20.5. The number of amides is 2. The van der Waals surface area contributed by atoms with Crippen LogP contribution < -0.4 is 10.7 Å². The molecule has 1 aliphatic carbocycles. The summed E-state index contributed by atoms with van der Waals surface area (Å²) in [5.41, 5.74) is 4.57. The van der Waals surface area contributed by atoms with Crippen LogP contribution in [0.25, 0.3) is 0 Å². The zero-order valence-corrected chi connectivity index (χ0v) is 17.0. The first-order valence-corrected chi connectivity index (χ1v) is 10.9. The van der Waals surface area contributed by atoms with Gasteiger partial charge in [0.05, 0.1) is 12.8 Å². The van der Waals surface area contributed by atoms with E-state index in [0.29, 0.717) is 19.5 Å². The first kappa shape index (κ1) is 19.3. The number of rotatable bonds is 5. The first-order chi connectivity index (χ1) is 14.7. The molecule has 7 heteroatoms. The SMILES string of the molecule is O=C(NCc1ccco1)C1CCC2C(C1)N(Cc1ccccc1)C(=O)C1CCNN12. The van der Waals surface area contributed by atoms with E-state index in [4.69, 9.17) is 4.42 Å². The van der Waals surface area contributed by atoms with E-state index in [1.165, 1.54) is 0 Å². The number of hydrogen-bond acceptors (Lipinski definition) is 5. The van der Waals surface area contributed by atoms with Gasteiger partial charge >= 0.3 is 0 Å². The molecule has 0 bridgehead atoms. The molecule has 1 aromatic carbocycles. The number of fused-ring (bicyclic) bond motifs is 3. The van der Waals surface area contributed by atoms with E-state index in [1.807, 2.05) is 35.2 Å². The van der Waals surface area contributed by atoms with Crippen molar-refractivity contribution < 1.29 is 14.0 Å². The average Bonchev–Trinajstić information content (AvgIpc) is 3.47. The normalized spacial score (nSPS) is 28.8. The second kappa shape index (κ2) is 8.24. The van der Waals surface area contributed by atoms with Crippen molar-refractivity contribution in [3.63, 3.8) is 0 Å². The van der Waals surface area contributed by atoms with E-state index in [9.17, 15) is 9.59 Å². The van der Waals surface area contributed by atoms with Gasteiger partial charge in [-0.3, -0.25) is 15.0 Å². The Labute approximate surface area is 176 Å². The molecule has 1 saturated carbocycles. The van der Waals surface area contributed by atoms with Gasteiger partial charge in [0.25, 0.3) is 0 Å². The molecular formula is C23H28N4O3. The molecule has 0 spiro atoms. The van der Waals surface area contributed by atoms with Crippen LogP contribution in [-0.2, 0) is 22.7 Å². The molecular weight excluding hydrogens is 380 g/mol. The van der Waals surface area contributed by atoms with Gasteiger partial charge in [-0.2, -0.15) is 0 Å². The quantitative estimate of drug-likeness (QED) is 0.792. The molecule has 4 unspecified atom stereocenters. The molecule has 2 aliphatic heterocycles. The van der Waals surface area contributed by atoms with Crippen LogP contribution in [0.1, 0.15) is 37.0 Å². The van der Waals surface area contributed by atoms with Crippen molar-refractivity contribution in [1.29, 1.82) is 0 Å². The predicted molar refractivity (Wildman–Crippen MR) is 111 cm³/mol. The Morgan fingerprint density at radius 2 is 1.97 bits per heavy atom. The summed E-state index contributed by atoms with van der Waals surface area (Å²) in [5, 5.41) is 5.19. The monoisotopic (exact) mass is 408 g/mol. The minimum atomic E-state index is -0.0913. The van der Waals surface area contributed by atoms with Crippen LogP contribution in [-0.4, -0.2) is 46.4 Å². The summed E-state index contributed by atoms with van der Waals surface area (Å²) in [6, 6.07) is 14.0. The van der Waals surface area contributed by atoms with Gasteiger partial charge in [0.1, 0.15) is 11.8 Å². The highest BCUT2D eigenvalue weighted by Crippen LogP contribution is 2.38. The van der Waals surface area contributed by atoms with Gasteiger partial charge < -0.3 is 14.6 Å². The molecule has 3 fully saturated rings. The lowest BCUT2D eigenvalue weighted by molar-refractivity contribution is -0.157. The maximum atomic E-state index is 13.4. The highest BCUT2D eigenvalue weighted by molar-refractivity contribution is 5.84. The number of nitrogens with zero attached hydrogens (tertiary/aromatic N) is 2. The lowest BCUT2D eigenvalue weighted by Crippen LogP contribution is -2.68. The van der Waals surface area contributed by atoms with Gasteiger partial charge in [0.2, 0.25) is 11.8 Å². The summed E-state index contributed by atoms with van der Waals surface area (Å²) in [5.74, 6) is 0.890. The fourth-order valence-electron chi connectivity index (χ4n) is 5.26. The number of benzene rings is 1. The molecule has 5 rings (SSSR count). The lowest BCUT2D eigenvalue weighted by atomic mass is 9.78. The first-order valence-electron chi connectivity index (χ1n) is 10.9. The molecule has 158 valence electrons. The van der Waals surface area contributed by atoms with Crippen molar-refractivity contribution in [3.8, 4) is 0 Å². The Morgan fingerprint density at radius 3 is 2.77 bits per heavy atom. The zero-order valence-electron chi connectivity index (χ0n) is 17.0. The van der Waals surface area contributed by atoms with Crippen LogP contribution in [0.15, 0.2) is 53.1 Å². The summed E-state index contributed by atoms with van der Waals surface area (Å²) in [6.07, 6.45) is 4.90. The Hall–Kier alpha value is -2.64. The number of nitrogens with one attached hydrogen (secondary N) is 2. The van der Waals surface area contributed by atoms with E-state index in [0.717, 1.165) is 37.1 Å². The highest BCUT2D eigenvalue weighted by atomic mass is 16.3. The lowest BCUT2D eigenvalue weighted by Gasteiger charge is -2.51. The van der Waals surface area contributed by atoms with Crippen LogP contribution in [0.2, 0.25) is 0 Å². The molecule has 3 heterocycles. The van der Waals surface area contributed by atoms with Gasteiger partial charge in [-0.1, -0.05) is 30.3 Å². The molecule has 7 nitrogen and oxygen atoms in total. The fraction of sp³-hybridized carbons (Fsp3) is 0.478. The van der Waals surface area contributed by atoms with E-state index >= 15 is 0 Å². The Kier molecular flexibility index (Phi) is 5.31.